The van der Waals surface area contributed by atoms with Crippen molar-refractivity contribution in [2.24, 2.45) is 5.92 Å². The molecular weight excluding hydrogens is 174 g/mol. The second kappa shape index (κ2) is 4.05. The van der Waals surface area contributed by atoms with Crippen molar-refractivity contribution >= 4 is 0 Å². The molecule has 1 aliphatic carbocycles. The molecule has 0 amide bonds. The second-order valence-electron chi connectivity index (χ2n) is 4.03. The van der Waals surface area contributed by atoms with Crippen LogP contribution in [0.25, 0.3) is 0 Å². The van der Waals surface area contributed by atoms with Gasteiger partial charge in [0.15, 0.2) is 0 Å². The predicted molar refractivity (Wildman–Crippen MR) is 56.0 cm³/mol. The number of hydrogen-bond donors (Lipinski definition) is 1. The number of hydrogen-bond acceptors (Lipinski definition) is 3. The van der Waals surface area contributed by atoms with Crippen molar-refractivity contribution in [3.8, 4) is 0 Å². The summed E-state index contributed by atoms with van der Waals surface area (Å²) in [4.78, 5) is 8.52. The third-order valence-corrected chi connectivity index (χ3v) is 2.82. The first-order valence-corrected chi connectivity index (χ1v) is 5.25. The zero-order chi connectivity index (χ0) is 9.97. The first kappa shape index (κ1) is 9.59. The standard InChI is InChI=1S/C11H17N3/c1-8-13-6-5-10(14-8)7-11(12-2)9-3-4-9/h5-6,9,11-12H,3-4,7H2,1-2H3. The van der Waals surface area contributed by atoms with E-state index in [4.69, 9.17) is 0 Å². The molecule has 1 atom stereocenters. The van der Waals surface area contributed by atoms with Gasteiger partial charge < -0.3 is 5.32 Å². The van der Waals surface area contributed by atoms with E-state index >= 15 is 0 Å². The van der Waals surface area contributed by atoms with Gasteiger partial charge in [-0.1, -0.05) is 0 Å². The van der Waals surface area contributed by atoms with Crippen LogP contribution < -0.4 is 5.32 Å². The Morgan fingerprint density at radius 2 is 2.36 bits per heavy atom. The number of rotatable bonds is 4. The maximum atomic E-state index is 4.42. The normalized spacial score (nSPS) is 18.1. The van der Waals surface area contributed by atoms with Crippen LogP contribution in [0.3, 0.4) is 0 Å². The van der Waals surface area contributed by atoms with Gasteiger partial charge in [-0.2, -0.15) is 0 Å². The predicted octanol–water partition coefficient (Wildman–Crippen LogP) is 1.33. The van der Waals surface area contributed by atoms with E-state index in [1.165, 1.54) is 12.8 Å². The van der Waals surface area contributed by atoms with Crippen LogP contribution in [0.4, 0.5) is 0 Å². The Hall–Kier alpha value is -0.960. The Bertz CT molecular complexity index is 307. The fourth-order valence-electron chi connectivity index (χ4n) is 1.85. The summed E-state index contributed by atoms with van der Waals surface area (Å²) in [7, 11) is 2.04. The molecule has 1 saturated carbocycles. The summed E-state index contributed by atoms with van der Waals surface area (Å²) in [6.07, 6.45) is 5.62. The highest BCUT2D eigenvalue weighted by Crippen LogP contribution is 2.33. The zero-order valence-electron chi connectivity index (χ0n) is 8.83. The van der Waals surface area contributed by atoms with Gasteiger partial charge in [-0.15, -0.1) is 0 Å². The van der Waals surface area contributed by atoms with E-state index in [1.807, 2.05) is 26.2 Å². The Balaban J connectivity index is 2.01. The summed E-state index contributed by atoms with van der Waals surface area (Å²) in [6.45, 7) is 1.94. The maximum absolute atomic E-state index is 4.42. The van der Waals surface area contributed by atoms with Crippen molar-refractivity contribution in [3.63, 3.8) is 0 Å². The minimum absolute atomic E-state index is 0.601. The molecule has 1 aliphatic rings. The molecular formula is C11H17N3. The molecule has 1 aromatic rings. The molecule has 3 nitrogen and oxygen atoms in total. The van der Waals surface area contributed by atoms with Gasteiger partial charge in [0.2, 0.25) is 0 Å². The van der Waals surface area contributed by atoms with E-state index in [-0.39, 0.29) is 0 Å². The van der Waals surface area contributed by atoms with E-state index in [0.29, 0.717) is 6.04 Å². The van der Waals surface area contributed by atoms with Gasteiger partial charge in [-0.25, -0.2) is 9.97 Å². The Morgan fingerprint density at radius 3 is 2.93 bits per heavy atom. The first-order chi connectivity index (χ1) is 6.79. The molecule has 0 spiro atoms. The summed E-state index contributed by atoms with van der Waals surface area (Å²) in [5, 5.41) is 3.37. The van der Waals surface area contributed by atoms with Gasteiger partial charge in [0, 0.05) is 24.4 Å². The molecule has 1 N–H and O–H groups in total. The van der Waals surface area contributed by atoms with Gasteiger partial charge in [0.25, 0.3) is 0 Å². The van der Waals surface area contributed by atoms with Crippen molar-refractivity contribution in [2.45, 2.75) is 32.2 Å². The van der Waals surface area contributed by atoms with Crippen LogP contribution in [0.1, 0.15) is 24.4 Å². The highest BCUT2D eigenvalue weighted by molar-refractivity contribution is 5.05. The quantitative estimate of drug-likeness (QED) is 0.780. The molecule has 1 unspecified atom stereocenters. The Kier molecular flexibility index (Phi) is 2.77. The zero-order valence-corrected chi connectivity index (χ0v) is 8.83. The van der Waals surface area contributed by atoms with Crippen LogP contribution in [0.5, 0.6) is 0 Å². The van der Waals surface area contributed by atoms with E-state index in [9.17, 15) is 0 Å². The molecule has 1 aromatic heterocycles. The van der Waals surface area contributed by atoms with Crippen LogP contribution in [0.15, 0.2) is 12.3 Å². The number of nitrogens with zero attached hydrogens (tertiary/aromatic N) is 2. The molecule has 3 heteroatoms. The van der Waals surface area contributed by atoms with Crippen molar-refractivity contribution in [2.75, 3.05) is 7.05 Å². The molecule has 0 saturated heterocycles. The SMILES string of the molecule is CNC(Cc1ccnc(C)n1)C1CC1. The Labute approximate surface area is 85.0 Å². The lowest BCUT2D eigenvalue weighted by Crippen LogP contribution is -2.30. The molecule has 1 heterocycles. The van der Waals surface area contributed by atoms with Crippen LogP contribution in [-0.4, -0.2) is 23.1 Å². The first-order valence-electron chi connectivity index (χ1n) is 5.25. The van der Waals surface area contributed by atoms with Gasteiger partial charge in [-0.05, 0) is 38.8 Å². The summed E-state index contributed by atoms with van der Waals surface area (Å²) in [5.74, 6) is 1.74. The average molecular weight is 191 g/mol. The lowest BCUT2D eigenvalue weighted by atomic mass is 10.1. The second-order valence-corrected chi connectivity index (χ2v) is 4.03. The summed E-state index contributed by atoms with van der Waals surface area (Å²) in [5.41, 5.74) is 1.16. The summed E-state index contributed by atoms with van der Waals surface area (Å²) < 4.78 is 0. The van der Waals surface area contributed by atoms with Crippen molar-refractivity contribution in [3.05, 3.63) is 23.8 Å². The lowest BCUT2D eigenvalue weighted by molar-refractivity contribution is 0.495. The number of nitrogens with one attached hydrogen (secondary N) is 1. The van der Waals surface area contributed by atoms with E-state index in [2.05, 4.69) is 15.3 Å². The third kappa shape index (κ3) is 2.29. The fourth-order valence-corrected chi connectivity index (χ4v) is 1.85. The molecule has 0 bridgehead atoms. The van der Waals surface area contributed by atoms with Gasteiger partial charge in [0.1, 0.15) is 5.82 Å². The molecule has 2 rings (SSSR count). The minimum atomic E-state index is 0.601. The van der Waals surface area contributed by atoms with E-state index < -0.39 is 0 Å². The van der Waals surface area contributed by atoms with Gasteiger partial charge >= 0.3 is 0 Å². The number of aryl methyl sites for hydroxylation is 1. The third-order valence-electron chi connectivity index (χ3n) is 2.82. The average Bonchev–Trinajstić information content (AvgIpc) is 2.97. The fraction of sp³-hybridized carbons (Fsp3) is 0.636. The molecule has 0 aliphatic heterocycles. The Morgan fingerprint density at radius 1 is 1.57 bits per heavy atom. The topological polar surface area (TPSA) is 37.8 Å². The van der Waals surface area contributed by atoms with Crippen LogP contribution in [0, 0.1) is 12.8 Å². The lowest BCUT2D eigenvalue weighted by Gasteiger charge is -2.14. The van der Waals surface area contributed by atoms with E-state index in [1.54, 1.807) is 0 Å². The van der Waals surface area contributed by atoms with Crippen LogP contribution >= 0.6 is 0 Å². The summed E-state index contributed by atoms with van der Waals surface area (Å²) in [6, 6.07) is 2.61. The molecule has 0 radical (unpaired) electrons. The van der Waals surface area contributed by atoms with Crippen LogP contribution in [0.2, 0.25) is 0 Å². The number of likely N-dealkylation sites (N-methyl/N-ethyl adjacent to an activating group) is 1. The minimum Gasteiger partial charge on any atom is -0.316 e. The molecule has 76 valence electrons. The summed E-state index contributed by atoms with van der Waals surface area (Å²) >= 11 is 0. The molecule has 0 aromatic carbocycles. The molecule has 1 fully saturated rings. The van der Waals surface area contributed by atoms with Gasteiger partial charge in [-0.3, -0.25) is 0 Å². The van der Waals surface area contributed by atoms with Crippen molar-refractivity contribution < 1.29 is 0 Å². The largest absolute Gasteiger partial charge is 0.316 e. The highest BCUT2D eigenvalue weighted by Gasteiger charge is 2.30. The number of aromatic nitrogens is 2. The maximum Gasteiger partial charge on any atom is 0.125 e. The van der Waals surface area contributed by atoms with Crippen molar-refractivity contribution in [1.82, 2.24) is 15.3 Å². The van der Waals surface area contributed by atoms with Crippen LogP contribution in [-0.2, 0) is 6.42 Å². The highest BCUT2D eigenvalue weighted by atomic mass is 14.9. The van der Waals surface area contributed by atoms with Gasteiger partial charge in [0.05, 0.1) is 0 Å². The van der Waals surface area contributed by atoms with E-state index in [0.717, 1.165) is 23.9 Å². The van der Waals surface area contributed by atoms with Crippen molar-refractivity contribution in [1.29, 1.82) is 0 Å². The molecule has 14 heavy (non-hydrogen) atoms. The monoisotopic (exact) mass is 191 g/mol. The smallest absolute Gasteiger partial charge is 0.125 e.